The van der Waals surface area contributed by atoms with Crippen LogP contribution in [0.25, 0.3) is 0 Å². The molecule has 1 N–H and O–H groups in total. The van der Waals surface area contributed by atoms with Gasteiger partial charge in [0.25, 0.3) is 0 Å². The number of hydrogen-bond acceptors (Lipinski definition) is 3. The van der Waals surface area contributed by atoms with E-state index in [1.54, 1.807) is 6.20 Å². The highest BCUT2D eigenvalue weighted by Gasteiger charge is 2.08. The van der Waals surface area contributed by atoms with Gasteiger partial charge in [0.1, 0.15) is 5.76 Å². The molecule has 1 aromatic carbocycles. The van der Waals surface area contributed by atoms with Gasteiger partial charge in [0, 0.05) is 12.1 Å². The van der Waals surface area contributed by atoms with Gasteiger partial charge in [-0.25, -0.2) is 0 Å². The standard InChI is InChI=1S/C14H18N2O/c1-10-4-5-14(11(2)8-10)12(3)15-9-13-6-7-16-17-13/h4-8,12,15H,9H2,1-3H3. The lowest BCUT2D eigenvalue weighted by Gasteiger charge is -2.16. The van der Waals surface area contributed by atoms with Crippen LogP contribution in [0.1, 0.15) is 35.4 Å². The first-order chi connectivity index (χ1) is 8.16. The van der Waals surface area contributed by atoms with Crippen LogP contribution in [-0.4, -0.2) is 5.16 Å². The maximum absolute atomic E-state index is 5.06. The summed E-state index contributed by atoms with van der Waals surface area (Å²) < 4.78 is 5.06. The van der Waals surface area contributed by atoms with Gasteiger partial charge in [-0.2, -0.15) is 0 Å². The molecule has 1 heterocycles. The molecule has 0 saturated heterocycles. The zero-order valence-electron chi connectivity index (χ0n) is 10.5. The minimum atomic E-state index is 0.306. The van der Waals surface area contributed by atoms with Gasteiger partial charge >= 0.3 is 0 Å². The second-order valence-corrected chi connectivity index (χ2v) is 4.44. The van der Waals surface area contributed by atoms with Gasteiger partial charge in [-0.05, 0) is 31.9 Å². The third-order valence-corrected chi connectivity index (χ3v) is 2.97. The van der Waals surface area contributed by atoms with Gasteiger partial charge in [0.15, 0.2) is 0 Å². The predicted octanol–water partition coefficient (Wildman–Crippen LogP) is 3.14. The number of benzene rings is 1. The summed E-state index contributed by atoms with van der Waals surface area (Å²) in [5, 5.41) is 7.11. The monoisotopic (exact) mass is 230 g/mol. The fourth-order valence-corrected chi connectivity index (χ4v) is 2.01. The van der Waals surface area contributed by atoms with Crippen LogP contribution in [0.2, 0.25) is 0 Å². The van der Waals surface area contributed by atoms with E-state index in [9.17, 15) is 0 Å². The summed E-state index contributed by atoms with van der Waals surface area (Å²) in [7, 11) is 0. The fraction of sp³-hybridized carbons (Fsp3) is 0.357. The summed E-state index contributed by atoms with van der Waals surface area (Å²) in [4.78, 5) is 0. The molecule has 0 aliphatic rings. The van der Waals surface area contributed by atoms with Gasteiger partial charge in [0.05, 0.1) is 12.7 Å². The smallest absolute Gasteiger partial charge is 0.150 e. The van der Waals surface area contributed by atoms with E-state index >= 15 is 0 Å². The molecular weight excluding hydrogens is 212 g/mol. The molecule has 90 valence electrons. The molecule has 3 nitrogen and oxygen atoms in total. The van der Waals surface area contributed by atoms with Crippen LogP contribution in [0.4, 0.5) is 0 Å². The summed E-state index contributed by atoms with van der Waals surface area (Å²) in [6.45, 7) is 7.13. The molecule has 2 aromatic rings. The van der Waals surface area contributed by atoms with E-state index < -0.39 is 0 Å². The van der Waals surface area contributed by atoms with Crippen molar-refractivity contribution in [3.05, 3.63) is 52.9 Å². The van der Waals surface area contributed by atoms with E-state index in [0.717, 1.165) is 5.76 Å². The molecular formula is C14H18N2O. The van der Waals surface area contributed by atoms with Crippen molar-refractivity contribution < 1.29 is 4.52 Å². The topological polar surface area (TPSA) is 38.1 Å². The van der Waals surface area contributed by atoms with Crippen LogP contribution in [0, 0.1) is 13.8 Å². The molecule has 0 aliphatic carbocycles. The van der Waals surface area contributed by atoms with E-state index in [4.69, 9.17) is 4.52 Å². The molecule has 1 atom stereocenters. The Hall–Kier alpha value is -1.61. The number of hydrogen-bond donors (Lipinski definition) is 1. The predicted molar refractivity (Wildman–Crippen MR) is 67.7 cm³/mol. The number of aryl methyl sites for hydroxylation is 2. The fourth-order valence-electron chi connectivity index (χ4n) is 2.01. The Balaban J connectivity index is 2.01. The Morgan fingerprint density at radius 3 is 2.76 bits per heavy atom. The van der Waals surface area contributed by atoms with Crippen LogP contribution in [0.5, 0.6) is 0 Å². The maximum Gasteiger partial charge on any atom is 0.150 e. The molecule has 0 spiro atoms. The molecule has 2 rings (SSSR count). The molecule has 1 unspecified atom stereocenters. The third-order valence-electron chi connectivity index (χ3n) is 2.97. The Labute approximate surface area is 102 Å². The largest absolute Gasteiger partial charge is 0.360 e. The van der Waals surface area contributed by atoms with E-state index in [2.05, 4.69) is 49.4 Å². The van der Waals surface area contributed by atoms with Gasteiger partial charge in [-0.15, -0.1) is 0 Å². The lowest BCUT2D eigenvalue weighted by molar-refractivity contribution is 0.366. The first kappa shape index (κ1) is 11.9. The summed E-state index contributed by atoms with van der Waals surface area (Å²) in [6, 6.07) is 8.72. The van der Waals surface area contributed by atoms with Crippen molar-refractivity contribution in [1.82, 2.24) is 10.5 Å². The summed E-state index contributed by atoms with van der Waals surface area (Å²) in [5.41, 5.74) is 3.95. The maximum atomic E-state index is 5.06. The molecule has 0 aliphatic heterocycles. The van der Waals surface area contributed by atoms with Crippen molar-refractivity contribution >= 4 is 0 Å². The van der Waals surface area contributed by atoms with Crippen molar-refractivity contribution in [3.8, 4) is 0 Å². The number of nitrogens with zero attached hydrogens (tertiary/aromatic N) is 1. The lowest BCUT2D eigenvalue weighted by atomic mass is 10.0. The van der Waals surface area contributed by atoms with Gasteiger partial charge in [0.2, 0.25) is 0 Å². The van der Waals surface area contributed by atoms with E-state index in [1.165, 1.54) is 16.7 Å². The minimum Gasteiger partial charge on any atom is -0.360 e. The van der Waals surface area contributed by atoms with Crippen LogP contribution in [-0.2, 0) is 6.54 Å². The van der Waals surface area contributed by atoms with E-state index in [-0.39, 0.29) is 0 Å². The molecule has 0 bridgehead atoms. The van der Waals surface area contributed by atoms with Gasteiger partial charge < -0.3 is 9.84 Å². The van der Waals surface area contributed by atoms with Crippen LogP contribution in [0.3, 0.4) is 0 Å². The quantitative estimate of drug-likeness (QED) is 0.876. The van der Waals surface area contributed by atoms with Crippen LogP contribution in [0.15, 0.2) is 35.0 Å². The minimum absolute atomic E-state index is 0.306. The summed E-state index contributed by atoms with van der Waals surface area (Å²) in [5.74, 6) is 0.863. The van der Waals surface area contributed by atoms with Crippen molar-refractivity contribution in [2.75, 3.05) is 0 Å². The second kappa shape index (κ2) is 5.15. The van der Waals surface area contributed by atoms with Crippen molar-refractivity contribution in [2.24, 2.45) is 0 Å². The average Bonchev–Trinajstić information content (AvgIpc) is 2.78. The Morgan fingerprint density at radius 2 is 2.12 bits per heavy atom. The van der Waals surface area contributed by atoms with Crippen molar-refractivity contribution in [2.45, 2.75) is 33.4 Å². The van der Waals surface area contributed by atoms with E-state index in [1.807, 2.05) is 6.07 Å². The SMILES string of the molecule is Cc1ccc(C(C)NCc2ccno2)c(C)c1. The Morgan fingerprint density at radius 1 is 1.29 bits per heavy atom. The molecule has 17 heavy (non-hydrogen) atoms. The Bertz CT molecular complexity index is 477. The highest BCUT2D eigenvalue weighted by molar-refractivity contribution is 5.32. The van der Waals surface area contributed by atoms with Crippen molar-refractivity contribution in [3.63, 3.8) is 0 Å². The van der Waals surface area contributed by atoms with Crippen molar-refractivity contribution in [1.29, 1.82) is 0 Å². The van der Waals surface area contributed by atoms with Gasteiger partial charge in [-0.1, -0.05) is 28.9 Å². The zero-order chi connectivity index (χ0) is 12.3. The first-order valence-electron chi connectivity index (χ1n) is 5.87. The number of aromatic nitrogens is 1. The first-order valence-corrected chi connectivity index (χ1v) is 5.87. The number of rotatable bonds is 4. The highest BCUT2D eigenvalue weighted by Crippen LogP contribution is 2.18. The average molecular weight is 230 g/mol. The molecule has 1 aromatic heterocycles. The second-order valence-electron chi connectivity index (χ2n) is 4.44. The van der Waals surface area contributed by atoms with Gasteiger partial charge in [-0.3, -0.25) is 0 Å². The number of nitrogens with one attached hydrogen (secondary N) is 1. The van der Waals surface area contributed by atoms with Crippen LogP contribution >= 0.6 is 0 Å². The highest BCUT2D eigenvalue weighted by atomic mass is 16.5. The third kappa shape index (κ3) is 2.94. The van der Waals surface area contributed by atoms with Crippen LogP contribution < -0.4 is 5.32 Å². The normalized spacial score (nSPS) is 12.6. The molecule has 0 saturated carbocycles. The molecule has 0 fully saturated rings. The molecule has 0 amide bonds. The lowest BCUT2D eigenvalue weighted by Crippen LogP contribution is -2.18. The van der Waals surface area contributed by atoms with E-state index in [0.29, 0.717) is 12.6 Å². The summed E-state index contributed by atoms with van der Waals surface area (Å²) in [6.07, 6.45) is 1.67. The Kier molecular flexibility index (Phi) is 3.59. The zero-order valence-corrected chi connectivity index (χ0v) is 10.5. The molecule has 3 heteroatoms. The summed E-state index contributed by atoms with van der Waals surface area (Å²) >= 11 is 0. The molecule has 0 radical (unpaired) electrons.